The molecule has 1 amide bonds. The van der Waals surface area contributed by atoms with E-state index in [2.05, 4.69) is 10.3 Å². The van der Waals surface area contributed by atoms with Crippen molar-refractivity contribution in [2.75, 3.05) is 6.61 Å². The summed E-state index contributed by atoms with van der Waals surface area (Å²) in [6, 6.07) is 7.85. The van der Waals surface area contributed by atoms with Crippen LogP contribution >= 0.6 is 0 Å². The first-order valence-electron chi connectivity index (χ1n) is 7.70. The van der Waals surface area contributed by atoms with Gasteiger partial charge in [0.2, 0.25) is 0 Å². The monoisotopic (exact) mass is 304 g/mol. The highest BCUT2D eigenvalue weighted by molar-refractivity contribution is 5.78. The molecule has 0 heterocycles. The molecule has 0 bridgehead atoms. The third kappa shape index (κ3) is 5.63. The molecule has 5 N–H and O–H groups in total. The van der Waals surface area contributed by atoms with E-state index < -0.39 is 5.91 Å². The van der Waals surface area contributed by atoms with E-state index >= 15 is 0 Å². The summed E-state index contributed by atoms with van der Waals surface area (Å²) in [4.78, 5) is 15.1. The lowest BCUT2D eigenvalue weighted by molar-refractivity contribution is -0.119. The van der Waals surface area contributed by atoms with Crippen LogP contribution in [0.2, 0.25) is 0 Å². The first kappa shape index (κ1) is 16.1. The zero-order chi connectivity index (χ0) is 15.8. The minimum atomic E-state index is -0.496. The van der Waals surface area contributed by atoms with Gasteiger partial charge in [0.25, 0.3) is 5.91 Å². The quantitative estimate of drug-likeness (QED) is 0.544. The Labute approximate surface area is 130 Å². The maximum Gasteiger partial charge on any atom is 0.255 e. The molecular formula is C16H24N4O2. The van der Waals surface area contributed by atoms with Gasteiger partial charge in [-0.05, 0) is 30.5 Å². The first-order chi connectivity index (χ1) is 10.6. The zero-order valence-electron chi connectivity index (χ0n) is 12.8. The van der Waals surface area contributed by atoms with E-state index in [-0.39, 0.29) is 6.61 Å². The fraction of sp³-hybridized carbons (Fsp3) is 0.500. The van der Waals surface area contributed by atoms with Crippen LogP contribution in [-0.2, 0) is 11.3 Å². The van der Waals surface area contributed by atoms with Crippen molar-refractivity contribution in [2.24, 2.45) is 16.5 Å². The molecule has 1 fully saturated rings. The number of aliphatic imine (C=N–C) groups is 1. The average molecular weight is 304 g/mol. The molecule has 0 aliphatic heterocycles. The number of hydrogen-bond acceptors (Lipinski definition) is 3. The van der Waals surface area contributed by atoms with Crippen LogP contribution < -0.4 is 21.5 Å². The molecule has 0 radical (unpaired) electrons. The van der Waals surface area contributed by atoms with Crippen LogP contribution in [0.4, 0.5) is 0 Å². The number of guanidine groups is 1. The molecule has 120 valence electrons. The minimum Gasteiger partial charge on any atom is -0.484 e. The Morgan fingerprint density at radius 2 is 2.05 bits per heavy atom. The summed E-state index contributed by atoms with van der Waals surface area (Å²) in [7, 11) is 0. The van der Waals surface area contributed by atoms with Crippen LogP contribution in [0.25, 0.3) is 0 Å². The molecule has 1 aliphatic rings. The van der Waals surface area contributed by atoms with Crippen molar-refractivity contribution in [3.05, 3.63) is 29.8 Å². The lowest BCUT2D eigenvalue weighted by Gasteiger charge is -2.23. The summed E-state index contributed by atoms with van der Waals surface area (Å²) < 4.78 is 5.27. The van der Waals surface area contributed by atoms with Crippen LogP contribution in [0.3, 0.4) is 0 Å². The van der Waals surface area contributed by atoms with Crippen molar-refractivity contribution in [1.82, 2.24) is 5.32 Å². The molecule has 0 saturated heterocycles. The lowest BCUT2D eigenvalue weighted by atomic mass is 9.96. The highest BCUT2D eigenvalue weighted by Crippen LogP contribution is 2.17. The number of hydrogen-bond donors (Lipinski definition) is 3. The summed E-state index contributed by atoms with van der Waals surface area (Å²) in [6.45, 7) is 0.345. The molecule has 1 aromatic rings. The van der Waals surface area contributed by atoms with Gasteiger partial charge in [-0.1, -0.05) is 31.4 Å². The number of nitrogens with one attached hydrogen (secondary N) is 1. The van der Waals surface area contributed by atoms with E-state index in [9.17, 15) is 4.79 Å². The first-order valence-corrected chi connectivity index (χ1v) is 7.70. The van der Waals surface area contributed by atoms with Crippen LogP contribution in [-0.4, -0.2) is 24.5 Å². The maximum absolute atomic E-state index is 10.7. The standard InChI is InChI=1S/C16H24N4O2/c17-15(21)11-22-14-8-4-5-12(9-14)10-19-16(18)20-13-6-2-1-3-7-13/h4-5,8-9,13H,1-3,6-7,10-11H2,(H2,17,21)(H3,18,19,20). The van der Waals surface area contributed by atoms with Crippen molar-refractivity contribution in [3.63, 3.8) is 0 Å². The zero-order valence-corrected chi connectivity index (χ0v) is 12.8. The van der Waals surface area contributed by atoms with Crippen molar-refractivity contribution in [3.8, 4) is 5.75 Å². The van der Waals surface area contributed by atoms with Crippen LogP contribution in [0.5, 0.6) is 5.75 Å². The van der Waals surface area contributed by atoms with E-state index in [4.69, 9.17) is 16.2 Å². The van der Waals surface area contributed by atoms with Gasteiger partial charge >= 0.3 is 0 Å². The number of benzene rings is 1. The molecule has 2 rings (SSSR count). The van der Waals surface area contributed by atoms with Crippen molar-refractivity contribution in [2.45, 2.75) is 44.7 Å². The summed E-state index contributed by atoms with van der Waals surface area (Å²) in [6.07, 6.45) is 6.14. The van der Waals surface area contributed by atoms with E-state index in [1.165, 1.54) is 19.3 Å². The second kappa shape index (κ2) is 8.26. The van der Waals surface area contributed by atoms with E-state index in [0.29, 0.717) is 24.3 Å². The molecule has 1 aliphatic carbocycles. The Kier molecular flexibility index (Phi) is 6.06. The molecule has 22 heavy (non-hydrogen) atoms. The number of primary amides is 1. The summed E-state index contributed by atoms with van der Waals surface area (Å²) in [5.74, 6) is 0.588. The van der Waals surface area contributed by atoms with Crippen LogP contribution in [0.15, 0.2) is 29.3 Å². The number of rotatable bonds is 6. The Morgan fingerprint density at radius 1 is 1.27 bits per heavy atom. The van der Waals surface area contributed by atoms with Crippen molar-refractivity contribution in [1.29, 1.82) is 0 Å². The highest BCUT2D eigenvalue weighted by Gasteiger charge is 2.13. The fourth-order valence-electron chi connectivity index (χ4n) is 2.57. The largest absolute Gasteiger partial charge is 0.484 e. The Balaban J connectivity index is 1.85. The lowest BCUT2D eigenvalue weighted by Crippen LogP contribution is -2.41. The van der Waals surface area contributed by atoms with Crippen molar-refractivity contribution >= 4 is 11.9 Å². The van der Waals surface area contributed by atoms with Gasteiger partial charge in [0.05, 0.1) is 6.54 Å². The predicted octanol–water partition coefficient (Wildman–Crippen LogP) is 1.29. The van der Waals surface area contributed by atoms with Gasteiger partial charge in [-0.15, -0.1) is 0 Å². The number of nitrogens with two attached hydrogens (primary N) is 2. The summed E-state index contributed by atoms with van der Waals surface area (Å²) in [5.41, 5.74) is 12.0. The normalized spacial score (nSPS) is 16.3. The third-order valence-corrected chi connectivity index (χ3v) is 3.67. The third-order valence-electron chi connectivity index (χ3n) is 3.67. The molecular weight excluding hydrogens is 280 g/mol. The second-order valence-corrected chi connectivity index (χ2v) is 5.58. The molecule has 0 spiro atoms. The Hall–Kier alpha value is -2.24. The van der Waals surface area contributed by atoms with E-state index in [1.807, 2.05) is 18.2 Å². The Morgan fingerprint density at radius 3 is 2.77 bits per heavy atom. The van der Waals surface area contributed by atoms with Gasteiger partial charge in [-0.3, -0.25) is 4.79 Å². The molecule has 0 unspecified atom stereocenters. The number of carbonyl (C=O) groups is 1. The van der Waals surface area contributed by atoms with E-state index in [1.54, 1.807) is 6.07 Å². The fourth-order valence-corrected chi connectivity index (χ4v) is 2.57. The number of amides is 1. The molecule has 6 nitrogen and oxygen atoms in total. The number of nitrogens with zero attached hydrogens (tertiary/aromatic N) is 1. The average Bonchev–Trinajstić information content (AvgIpc) is 2.52. The van der Waals surface area contributed by atoms with Crippen LogP contribution in [0, 0.1) is 0 Å². The van der Waals surface area contributed by atoms with Gasteiger partial charge < -0.3 is 21.5 Å². The van der Waals surface area contributed by atoms with Gasteiger partial charge in [0.15, 0.2) is 12.6 Å². The molecule has 6 heteroatoms. The van der Waals surface area contributed by atoms with Gasteiger partial charge in [0, 0.05) is 6.04 Å². The molecule has 0 aromatic heterocycles. The maximum atomic E-state index is 10.7. The highest BCUT2D eigenvalue weighted by atomic mass is 16.5. The van der Waals surface area contributed by atoms with Crippen molar-refractivity contribution < 1.29 is 9.53 Å². The number of ether oxygens (including phenoxy) is 1. The molecule has 1 aromatic carbocycles. The topological polar surface area (TPSA) is 103 Å². The summed E-state index contributed by atoms with van der Waals surface area (Å²) >= 11 is 0. The van der Waals surface area contributed by atoms with Gasteiger partial charge in [-0.25, -0.2) is 4.99 Å². The van der Waals surface area contributed by atoms with Gasteiger partial charge in [0.1, 0.15) is 5.75 Å². The minimum absolute atomic E-state index is 0.127. The predicted molar refractivity (Wildman–Crippen MR) is 86.5 cm³/mol. The van der Waals surface area contributed by atoms with Crippen LogP contribution in [0.1, 0.15) is 37.7 Å². The smallest absolute Gasteiger partial charge is 0.255 e. The van der Waals surface area contributed by atoms with E-state index in [0.717, 1.165) is 18.4 Å². The molecule has 1 saturated carbocycles. The molecule has 0 atom stereocenters. The summed E-state index contributed by atoms with van der Waals surface area (Å²) in [5, 5.41) is 3.28. The Bertz CT molecular complexity index is 525. The number of carbonyl (C=O) groups excluding carboxylic acids is 1. The SMILES string of the molecule is NC(=O)COc1cccc(CN=C(N)NC2CCCCC2)c1. The van der Waals surface area contributed by atoms with Gasteiger partial charge in [-0.2, -0.15) is 0 Å². The second-order valence-electron chi connectivity index (χ2n) is 5.58.